The molecule has 0 aromatic carbocycles. The number of carbonyl (C=O) groups excluding carboxylic acids is 1. The van der Waals surface area contributed by atoms with Crippen molar-refractivity contribution in [2.75, 3.05) is 14.1 Å². The van der Waals surface area contributed by atoms with Gasteiger partial charge in [0.1, 0.15) is 0 Å². The second kappa shape index (κ2) is 4.73. The molecular formula is C7H12N2O. The van der Waals surface area contributed by atoms with Gasteiger partial charge in [0.15, 0.2) is 0 Å². The number of carbonyl (C=O) groups is 1. The summed E-state index contributed by atoms with van der Waals surface area (Å²) in [5.74, 6) is 0. The SMILES string of the molecule is CC(/C=C\N(C)C)=NC=O. The molecule has 0 unspecified atom stereocenters. The predicted octanol–water partition coefficient (Wildman–Crippen LogP) is 0.679. The van der Waals surface area contributed by atoms with Crippen LogP contribution >= 0.6 is 0 Å². The van der Waals surface area contributed by atoms with Gasteiger partial charge in [-0.2, -0.15) is 0 Å². The topological polar surface area (TPSA) is 32.7 Å². The quantitative estimate of drug-likeness (QED) is 0.426. The highest BCUT2D eigenvalue weighted by atomic mass is 16.1. The maximum atomic E-state index is 9.82. The number of hydrogen-bond acceptors (Lipinski definition) is 2. The van der Waals surface area contributed by atoms with Gasteiger partial charge in [-0.15, -0.1) is 0 Å². The summed E-state index contributed by atoms with van der Waals surface area (Å²) in [6.07, 6.45) is 4.14. The molecule has 0 atom stereocenters. The van der Waals surface area contributed by atoms with Crippen molar-refractivity contribution in [3.8, 4) is 0 Å². The lowest BCUT2D eigenvalue weighted by molar-refractivity contribution is -0.106. The molecule has 0 saturated carbocycles. The lowest BCUT2D eigenvalue weighted by Gasteiger charge is -2.01. The van der Waals surface area contributed by atoms with Crippen LogP contribution in [0.4, 0.5) is 0 Å². The fourth-order valence-electron chi connectivity index (χ4n) is 0.383. The summed E-state index contributed by atoms with van der Waals surface area (Å²) >= 11 is 0. The van der Waals surface area contributed by atoms with E-state index in [1.165, 1.54) is 0 Å². The van der Waals surface area contributed by atoms with Gasteiger partial charge in [0.05, 0.1) is 0 Å². The number of hydrogen-bond donors (Lipinski definition) is 0. The van der Waals surface area contributed by atoms with Crippen LogP contribution in [0.25, 0.3) is 0 Å². The second-order valence-electron chi connectivity index (χ2n) is 2.16. The monoisotopic (exact) mass is 140 g/mol. The van der Waals surface area contributed by atoms with E-state index in [4.69, 9.17) is 0 Å². The largest absolute Gasteiger partial charge is 0.383 e. The molecule has 0 aliphatic rings. The number of rotatable bonds is 3. The average molecular weight is 140 g/mol. The Hall–Kier alpha value is -1.12. The van der Waals surface area contributed by atoms with Crippen LogP contribution in [0.5, 0.6) is 0 Å². The highest BCUT2D eigenvalue weighted by molar-refractivity contribution is 5.96. The molecule has 0 rings (SSSR count). The first kappa shape index (κ1) is 8.88. The van der Waals surface area contributed by atoms with Gasteiger partial charge in [-0.05, 0) is 13.0 Å². The zero-order valence-electron chi connectivity index (χ0n) is 6.53. The maximum Gasteiger partial charge on any atom is 0.233 e. The number of amides is 1. The number of nitrogens with zero attached hydrogens (tertiary/aromatic N) is 2. The molecule has 3 heteroatoms. The van der Waals surface area contributed by atoms with Crippen molar-refractivity contribution < 1.29 is 4.79 Å². The molecule has 1 amide bonds. The molecule has 0 N–H and O–H groups in total. The summed E-state index contributed by atoms with van der Waals surface area (Å²) < 4.78 is 0. The summed E-state index contributed by atoms with van der Waals surface area (Å²) in [4.78, 5) is 15.2. The van der Waals surface area contributed by atoms with E-state index in [0.29, 0.717) is 12.1 Å². The van der Waals surface area contributed by atoms with E-state index in [0.717, 1.165) is 0 Å². The third-order valence-electron chi connectivity index (χ3n) is 0.870. The Morgan fingerprint density at radius 3 is 2.50 bits per heavy atom. The van der Waals surface area contributed by atoms with E-state index in [1.54, 1.807) is 13.0 Å². The van der Waals surface area contributed by atoms with E-state index >= 15 is 0 Å². The summed E-state index contributed by atoms with van der Waals surface area (Å²) in [6, 6.07) is 0. The van der Waals surface area contributed by atoms with Gasteiger partial charge in [-0.1, -0.05) is 0 Å². The Morgan fingerprint density at radius 2 is 2.10 bits per heavy atom. The molecule has 0 radical (unpaired) electrons. The van der Waals surface area contributed by atoms with E-state index in [9.17, 15) is 4.79 Å². The highest BCUT2D eigenvalue weighted by Gasteiger charge is 1.80. The Bertz CT molecular complexity index is 159. The van der Waals surface area contributed by atoms with Crippen molar-refractivity contribution in [2.45, 2.75) is 6.92 Å². The zero-order chi connectivity index (χ0) is 7.98. The van der Waals surface area contributed by atoms with Crippen molar-refractivity contribution >= 4 is 12.1 Å². The molecule has 0 spiro atoms. The second-order valence-corrected chi connectivity index (χ2v) is 2.16. The average Bonchev–Trinajstić information content (AvgIpc) is 1.85. The van der Waals surface area contributed by atoms with Crippen LogP contribution in [-0.2, 0) is 4.79 Å². The van der Waals surface area contributed by atoms with E-state index < -0.39 is 0 Å². The van der Waals surface area contributed by atoms with Gasteiger partial charge in [-0.3, -0.25) is 4.79 Å². The smallest absolute Gasteiger partial charge is 0.233 e. The molecule has 0 heterocycles. The first-order valence-electron chi connectivity index (χ1n) is 2.99. The Kier molecular flexibility index (Phi) is 4.20. The number of aliphatic imine (C=N–C) groups is 1. The van der Waals surface area contributed by atoms with E-state index in [-0.39, 0.29) is 0 Å². The van der Waals surface area contributed by atoms with Crippen molar-refractivity contribution in [1.82, 2.24) is 4.90 Å². The predicted molar refractivity (Wildman–Crippen MR) is 42.0 cm³/mol. The molecule has 0 bridgehead atoms. The van der Waals surface area contributed by atoms with Gasteiger partial charge >= 0.3 is 0 Å². The highest BCUT2D eigenvalue weighted by Crippen LogP contribution is 1.81. The lowest BCUT2D eigenvalue weighted by atomic mass is 10.4. The van der Waals surface area contributed by atoms with Gasteiger partial charge in [0.2, 0.25) is 6.41 Å². The van der Waals surface area contributed by atoms with Crippen LogP contribution in [0, 0.1) is 0 Å². The molecule has 0 aliphatic heterocycles. The third-order valence-corrected chi connectivity index (χ3v) is 0.870. The summed E-state index contributed by atoms with van der Waals surface area (Å²) in [5, 5.41) is 0. The fraction of sp³-hybridized carbons (Fsp3) is 0.429. The molecule has 0 aromatic heterocycles. The molecule has 10 heavy (non-hydrogen) atoms. The molecule has 3 nitrogen and oxygen atoms in total. The van der Waals surface area contributed by atoms with Crippen LogP contribution < -0.4 is 0 Å². The zero-order valence-corrected chi connectivity index (χ0v) is 6.53. The van der Waals surface area contributed by atoms with Crippen LogP contribution in [-0.4, -0.2) is 31.1 Å². The van der Waals surface area contributed by atoms with E-state index in [1.807, 2.05) is 25.2 Å². The van der Waals surface area contributed by atoms with Crippen molar-refractivity contribution in [3.63, 3.8) is 0 Å². The number of allylic oxidation sites excluding steroid dienone is 1. The molecule has 0 aromatic rings. The van der Waals surface area contributed by atoms with Gasteiger partial charge in [0, 0.05) is 26.0 Å². The van der Waals surface area contributed by atoms with Crippen molar-refractivity contribution in [3.05, 3.63) is 12.3 Å². The fourth-order valence-corrected chi connectivity index (χ4v) is 0.383. The van der Waals surface area contributed by atoms with Crippen LogP contribution in [0.3, 0.4) is 0 Å². The van der Waals surface area contributed by atoms with Crippen molar-refractivity contribution in [1.29, 1.82) is 0 Å². The standard InChI is InChI=1S/C7H12N2O/c1-7(8-6-10)4-5-9(2)3/h4-6H,1-3H3/b5-4-,8-7?. The summed E-state index contributed by atoms with van der Waals surface area (Å²) in [7, 11) is 3.81. The van der Waals surface area contributed by atoms with Crippen LogP contribution in [0.2, 0.25) is 0 Å². The normalized spacial score (nSPS) is 12.1. The Morgan fingerprint density at radius 1 is 1.50 bits per heavy atom. The minimum Gasteiger partial charge on any atom is -0.383 e. The first-order chi connectivity index (χ1) is 4.66. The first-order valence-corrected chi connectivity index (χ1v) is 2.99. The lowest BCUT2D eigenvalue weighted by Crippen LogP contribution is -2.01. The van der Waals surface area contributed by atoms with Gasteiger partial charge < -0.3 is 4.90 Å². The molecule has 0 fully saturated rings. The minimum absolute atomic E-state index is 0.537. The van der Waals surface area contributed by atoms with Crippen LogP contribution in [0.15, 0.2) is 17.3 Å². The Labute approximate surface area is 61.1 Å². The molecule has 0 aliphatic carbocycles. The summed E-state index contributed by atoms with van der Waals surface area (Å²) in [6.45, 7) is 1.77. The molecule has 56 valence electrons. The van der Waals surface area contributed by atoms with E-state index in [2.05, 4.69) is 4.99 Å². The maximum absolute atomic E-state index is 9.82. The Balaban J connectivity index is 3.88. The van der Waals surface area contributed by atoms with Gasteiger partial charge in [0.25, 0.3) is 0 Å². The van der Waals surface area contributed by atoms with Gasteiger partial charge in [-0.25, -0.2) is 4.99 Å². The van der Waals surface area contributed by atoms with Crippen LogP contribution in [0.1, 0.15) is 6.92 Å². The minimum atomic E-state index is 0.537. The molecular weight excluding hydrogens is 128 g/mol. The molecule has 0 saturated heterocycles. The third kappa shape index (κ3) is 5.03. The summed E-state index contributed by atoms with van der Waals surface area (Å²) in [5.41, 5.74) is 0.712. The van der Waals surface area contributed by atoms with Crippen molar-refractivity contribution in [2.24, 2.45) is 4.99 Å².